The Balaban J connectivity index is 2.64. The van der Waals surface area contributed by atoms with Crippen molar-refractivity contribution in [2.24, 2.45) is 5.73 Å². The van der Waals surface area contributed by atoms with Gasteiger partial charge in [0, 0.05) is 6.42 Å². The molecule has 76 valence electrons. The summed E-state index contributed by atoms with van der Waals surface area (Å²) in [6, 6.07) is 5.65. The van der Waals surface area contributed by atoms with Crippen LogP contribution < -0.4 is 5.73 Å². The summed E-state index contributed by atoms with van der Waals surface area (Å²) < 4.78 is 12.8. The Kier molecular flexibility index (Phi) is 3.77. The monoisotopic (exact) mass is 195 g/mol. The molecule has 0 radical (unpaired) electrons. The standard InChI is InChI=1S/C11H14FNO/c1-2-11(14)10(13)7-8-4-3-5-9(12)6-8/h3-6,10H,2,7,13H2,1H3. The first-order chi connectivity index (χ1) is 6.63. The molecule has 0 aliphatic heterocycles. The maximum atomic E-state index is 12.8. The van der Waals surface area contributed by atoms with E-state index in [-0.39, 0.29) is 11.6 Å². The van der Waals surface area contributed by atoms with Gasteiger partial charge in [0.25, 0.3) is 0 Å². The Morgan fingerprint density at radius 2 is 2.29 bits per heavy atom. The molecule has 0 saturated heterocycles. The first kappa shape index (κ1) is 10.9. The van der Waals surface area contributed by atoms with Crippen molar-refractivity contribution in [2.75, 3.05) is 0 Å². The minimum atomic E-state index is -0.512. The number of hydrogen-bond acceptors (Lipinski definition) is 2. The van der Waals surface area contributed by atoms with Crippen LogP contribution in [0.25, 0.3) is 0 Å². The molecule has 0 aliphatic rings. The molecule has 2 N–H and O–H groups in total. The molecule has 1 atom stereocenters. The van der Waals surface area contributed by atoms with Gasteiger partial charge in [-0.25, -0.2) is 4.39 Å². The molecule has 14 heavy (non-hydrogen) atoms. The predicted molar refractivity (Wildman–Crippen MR) is 53.4 cm³/mol. The molecule has 0 saturated carbocycles. The SMILES string of the molecule is CCC(=O)C(N)Cc1cccc(F)c1. The fourth-order valence-corrected chi connectivity index (χ4v) is 1.29. The molecule has 2 nitrogen and oxygen atoms in total. The number of rotatable bonds is 4. The van der Waals surface area contributed by atoms with Crippen molar-refractivity contribution in [3.05, 3.63) is 35.6 Å². The molecule has 1 unspecified atom stereocenters. The van der Waals surface area contributed by atoms with E-state index in [9.17, 15) is 9.18 Å². The van der Waals surface area contributed by atoms with Crippen LogP contribution in [-0.2, 0) is 11.2 Å². The number of Topliss-reactive ketones (excluding diaryl/α,β-unsaturated/α-hetero) is 1. The van der Waals surface area contributed by atoms with E-state index in [4.69, 9.17) is 5.73 Å². The minimum Gasteiger partial charge on any atom is -0.321 e. The lowest BCUT2D eigenvalue weighted by atomic mass is 10.0. The Morgan fingerprint density at radius 1 is 1.57 bits per heavy atom. The lowest BCUT2D eigenvalue weighted by molar-refractivity contribution is -0.119. The van der Waals surface area contributed by atoms with Crippen LogP contribution in [0, 0.1) is 5.82 Å². The molecule has 1 aromatic rings. The number of carbonyl (C=O) groups is 1. The Morgan fingerprint density at radius 3 is 2.86 bits per heavy atom. The summed E-state index contributed by atoms with van der Waals surface area (Å²) in [5.74, 6) is -0.284. The van der Waals surface area contributed by atoms with Crippen LogP contribution in [0.5, 0.6) is 0 Å². The third kappa shape index (κ3) is 2.92. The van der Waals surface area contributed by atoms with Crippen LogP contribution in [0.2, 0.25) is 0 Å². The van der Waals surface area contributed by atoms with E-state index in [1.54, 1.807) is 19.1 Å². The van der Waals surface area contributed by atoms with Gasteiger partial charge in [0.2, 0.25) is 0 Å². The molecule has 0 heterocycles. The van der Waals surface area contributed by atoms with Crippen molar-refractivity contribution in [2.45, 2.75) is 25.8 Å². The number of hydrogen-bond donors (Lipinski definition) is 1. The first-order valence-electron chi connectivity index (χ1n) is 4.66. The molecule has 0 amide bonds. The zero-order valence-corrected chi connectivity index (χ0v) is 8.16. The van der Waals surface area contributed by atoms with Gasteiger partial charge in [-0.15, -0.1) is 0 Å². The Bertz CT molecular complexity index is 325. The van der Waals surface area contributed by atoms with Gasteiger partial charge in [0.05, 0.1) is 6.04 Å². The zero-order chi connectivity index (χ0) is 10.6. The predicted octanol–water partition coefficient (Wildman–Crippen LogP) is 1.67. The second kappa shape index (κ2) is 4.86. The van der Waals surface area contributed by atoms with Crippen LogP contribution in [0.4, 0.5) is 4.39 Å². The fraction of sp³-hybridized carbons (Fsp3) is 0.364. The van der Waals surface area contributed by atoms with Gasteiger partial charge in [0.1, 0.15) is 11.6 Å². The molecule has 0 bridgehead atoms. The quantitative estimate of drug-likeness (QED) is 0.794. The Hall–Kier alpha value is -1.22. The second-order valence-electron chi connectivity index (χ2n) is 3.26. The van der Waals surface area contributed by atoms with Crippen LogP contribution in [0.1, 0.15) is 18.9 Å². The highest BCUT2D eigenvalue weighted by atomic mass is 19.1. The number of nitrogens with two attached hydrogens (primary N) is 1. The second-order valence-corrected chi connectivity index (χ2v) is 3.26. The van der Waals surface area contributed by atoms with Gasteiger partial charge in [0.15, 0.2) is 0 Å². The van der Waals surface area contributed by atoms with Crippen LogP contribution in [-0.4, -0.2) is 11.8 Å². The van der Waals surface area contributed by atoms with Gasteiger partial charge in [-0.1, -0.05) is 19.1 Å². The molecular weight excluding hydrogens is 181 g/mol. The van der Waals surface area contributed by atoms with E-state index in [2.05, 4.69) is 0 Å². The van der Waals surface area contributed by atoms with Gasteiger partial charge in [-0.3, -0.25) is 4.79 Å². The van der Waals surface area contributed by atoms with Gasteiger partial charge in [-0.05, 0) is 24.1 Å². The van der Waals surface area contributed by atoms with E-state index in [1.165, 1.54) is 12.1 Å². The number of benzene rings is 1. The van der Waals surface area contributed by atoms with E-state index in [1.807, 2.05) is 0 Å². The highest BCUT2D eigenvalue weighted by Gasteiger charge is 2.11. The van der Waals surface area contributed by atoms with Crippen molar-refractivity contribution < 1.29 is 9.18 Å². The van der Waals surface area contributed by atoms with Crippen molar-refractivity contribution in [3.63, 3.8) is 0 Å². The Labute approximate surface area is 82.9 Å². The van der Waals surface area contributed by atoms with Crippen molar-refractivity contribution >= 4 is 5.78 Å². The minimum absolute atomic E-state index is 0.00858. The summed E-state index contributed by atoms with van der Waals surface area (Å²) in [6.07, 6.45) is 0.834. The lowest BCUT2D eigenvalue weighted by Gasteiger charge is -2.08. The maximum Gasteiger partial charge on any atom is 0.149 e. The smallest absolute Gasteiger partial charge is 0.149 e. The van der Waals surface area contributed by atoms with Crippen molar-refractivity contribution in [1.29, 1.82) is 0 Å². The zero-order valence-electron chi connectivity index (χ0n) is 8.16. The number of carbonyl (C=O) groups excluding carboxylic acids is 1. The molecule has 0 aromatic heterocycles. The summed E-state index contributed by atoms with van der Waals surface area (Å²) in [7, 11) is 0. The van der Waals surface area contributed by atoms with E-state index >= 15 is 0 Å². The third-order valence-electron chi connectivity index (χ3n) is 2.11. The fourth-order valence-electron chi connectivity index (χ4n) is 1.29. The summed E-state index contributed by atoms with van der Waals surface area (Å²) in [4.78, 5) is 11.2. The maximum absolute atomic E-state index is 12.8. The van der Waals surface area contributed by atoms with Gasteiger partial charge < -0.3 is 5.73 Å². The largest absolute Gasteiger partial charge is 0.321 e. The summed E-state index contributed by atoms with van der Waals surface area (Å²) in [5.41, 5.74) is 6.40. The molecule has 1 aromatic carbocycles. The molecule has 3 heteroatoms. The van der Waals surface area contributed by atoms with Crippen LogP contribution in [0.15, 0.2) is 24.3 Å². The molecule has 0 fully saturated rings. The van der Waals surface area contributed by atoms with Crippen LogP contribution >= 0.6 is 0 Å². The van der Waals surface area contributed by atoms with Gasteiger partial charge in [-0.2, -0.15) is 0 Å². The highest BCUT2D eigenvalue weighted by molar-refractivity contribution is 5.83. The van der Waals surface area contributed by atoms with Gasteiger partial charge >= 0.3 is 0 Å². The van der Waals surface area contributed by atoms with E-state index in [0.717, 1.165) is 5.56 Å². The highest BCUT2D eigenvalue weighted by Crippen LogP contribution is 2.06. The van der Waals surface area contributed by atoms with Crippen molar-refractivity contribution in [1.82, 2.24) is 0 Å². The van der Waals surface area contributed by atoms with Crippen molar-refractivity contribution in [3.8, 4) is 0 Å². The molecule has 0 aliphatic carbocycles. The van der Waals surface area contributed by atoms with Crippen LogP contribution in [0.3, 0.4) is 0 Å². The average Bonchev–Trinajstić information content (AvgIpc) is 2.16. The molecular formula is C11H14FNO. The topological polar surface area (TPSA) is 43.1 Å². The summed E-state index contributed by atoms with van der Waals surface area (Å²) in [6.45, 7) is 1.77. The van der Waals surface area contributed by atoms with E-state index in [0.29, 0.717) is 12.8 Å². The van der Waals surface area contributed by atoms with E-state index < -0.39 is 6.04 Å². The third-order valence-corrected chi connectivity index (χ3v) is 2.11. The molecule has 0 spiro atoms. The average molecular weight is 195 g/mol. The lowest BCUT2D eigenvalue weighted by Crippen LogP contribution is -2.32. The number of ketones is 1. The number of halogens is 1. The summed E-state index contributed by atoms with van der Waals surface area (Å²) >= 11 is 0. The normalized spacial score (nSPS) is 12.5. The summed E-state index contributed by atoms with van der Waals surface area (Å²) in [5, 5.41) is 0. The first-order valence-corrected chi connectivity index (χ1v) is 4.66. The molecule has 1 rings (SSSR count).